The Morgan fingerprint density at radius 3 is 2.45 bits per heavy atom. The molecule has 0 heterocycles. The van der Waals surface area contributed by atoms with Crippen LogP contribution in [0.1, 0.15) is 27.2 Å². The number of rotatable bonds is 8. The van der Waals surface area contributed by atoms with Crippen LogP contribution in [-0.4, -0.2) is 49.8 Å². The fourth-order valence-electron chi connectivity index (χ4n) is 1.83. The minimum atomic E-state index is -0.584. The highest BCUT2D eigenvalue weighted by Crippen LogP contribution is 2.24. The van der Waals surface area contributed by atoms with Crippen molar-refractivity contribution in [1.29, 1.82) is 0 Å². The van der Waals surface area contributed by atoms with Crippen LogP contribution in [0.25, 0.3) is 0 Å². The van der Waals surface area contributed by atoms with E-state index >= 15 is 0 Å². The Morgan fingerprint density at radius 2 is 1.95 bits per heavy atom. The smallest absolute Gasteiger partial charge is 0.246 e. The van der Waals surface area contributed by atoms with Gasteiger partial charge >= 0.3 is 0 Å². The molecule has 20 heavy (non-hydrogen) atoms. The van der Waals surface area contributed by atoms with Gasteiger partial charge < -0.3 is 15.5 Å². The van der Waals surface area contributed by atoms with Gasteiger partial charge in [0.2, 0.25) is 11.8 Å². The van der Waals surface area contributed by atoms with Gasteiger partial charge in [-0.2, -0.15) is 0 Å². The maximum atomic E-state index is 12.0. The lowest BCUT2D eigenvalue weighted by Gasteiger charge is -2.31. The first-order valence-corrected chi connectivity index (χ1v) is 6.57. The molecule has 0 fully saturated rings. The summed E-state index contributed by atoms with van der Waals surface area (Å²) < 4.78 is 0. The third kappa shape index (κ3) is 5.97. The van der Waals surface area contributed by atoms with Gasteiger partial charge in [-0.25, -0.2) is 0 Å². The van der Waals surface area contributed by atoms with Gasteiger partial charge in [0, 0.05) is 24.6 Å². The predicted octanol–water partition coefficient (Wildman–Crippen LogP) is 0.298. The zero-order chi connectivity index (χ0) is 15.8. The average Bonchev–Trinajstić information content (AvgIpc) is 2.40. The first kappa shape index (κ1) is 18.3. The van der Waals surface area contributed by atoms with Crippen LogP contribution in [0.15, 0.2) is 12.2 Å². The fourth-order valence-corrected chi connectivity index (χ4v) is 1.83. The molecule has 1 atom stereocenters. The summed E-state index contributed by atoms with van der Waals surface area (Å²) in [5.74, 6) is -0.320. The van der Waals surface area contributed by atoms with E-state index in [1.807, 2.05) is 20.8 Å². The highest BCUT2D eigenvalue weighted by Gasteiger charge is 2.31. The molecule has 0 saturated carbocycles. The van der Waals surface area contributed by atoms with Crippen LogP contribution in [-0.2, 0) is 14.4 Å². The van der Waals surface area contributed by atoms with Gasteiger partial charge in [0.05, 0.1) is 6.67 Å². The number of hydrogen-bond acceptors (Lipinski definition) is 4. The van der Waals surface area contributed by atoms with Gasteiger partial charge in [-0.05, 0) is 26.5 Å². The molecule has 0 aromatic heterocycles. The van der Waals surface area contributed by atoms with E-state index in [-0.39, 0.29) is 17.9 Å². The fraction of sp³-hybridized carbons (Fsp3) is 0.643. The molecule has 0 aromatic rings. The van der Waals surface area contributed by atoms with Gasteiger partial charge in [0.25, 0.3) is 0 Å². The predicted molar refractivity (Wildman–Crippen MR) is 77.9 cm³/mol. The molecule has 0 rings (SSSR count). The van der Waals surface area contributed by atoms with Crippen molar-refractivity contribution in [1.82, 2.24) is 15.5 Å². The molecule has 0 aliphatic heterocycles. The standard InChI is InChI=1S/C14H25N3O3/c1-11(17(5)12(19)7-6-8-18)9-14(2,3)13(20)16-10-15-4/h6-8,11,15H,9-10H2,1-5H3,(H,16,20)/b7-6-. The lowest BCUT2D eigenvalue weighted by Crippen LogP contribution is -2.45. The van der Waals surface area contributed by atoms with Crippen molar-refractivity contribution in [2.45, 2.75) is 33.2 Å². The van der Waals surface area contributed by atoms with Crippen molar-refractivity contribution in [3.8, 4) is 0 Å². The van der Waals surface area contributed by atoms with Crippen LogP contribution >= 0.6 is 0 Å². The third-order valence-electron chi connectivity index (χ3n) is 3.17. The van der Waals surface area contributed by atoms with Gasteiger partial charge in [-0.1, -0.05) is 13.8 Å². The van der Waals surface area contributed by atoms with Crippen molar-refractivity contribution >= 4 is 18.1 Å². The van der Waals surface area contributed by atoms with Crippen LogP contribution in [0.3, 0.4) is 0 Å². The quantitative estimate of drug-likeness (QED) is 0.381. The Kier molecular flexibility index (Phi) is 7.76. The van der Waals surface area contributed by atoms with Crippen LogP contribution in [0.2, 0.25) is 0 Å². The zero-order valence-corrected chi connectivity index (χ0v) is 12.9. The number of likely N-dealkylation sites (N-methyl/N-ethyl adjacent to an activating group) is 1. The summed E-state index contributed by atoms with van der Waals surface area (Å²) in [6, 6.07) is -0.117. The van der Waals surface area contributed by atoms with Crippen LogP contribution in [0, 0.1) is 5.41 Å². The highest BCUT2D eigenvalue weighted by molar-refractivity contribution is 5.91. The van der Waals surface area contributed by atoms with Crippen LogP contribution in [0.5, 0.6) is 0 Å². The molecule has 0 saturated heterocycles. The van der Waals surface area contributed by atoms with Crippen LogP contribution in [0.4, 0.5) is 0 Å². The molecule has 0 radical (unpaired) electrons. The van der Waals surface area contributed by atoms with E-state index in [9.17, 15) is 14.4 Å². The lowest BCUT2D eigenvalue weighted by atomic mass is 9.84. The van der Waals surface area contributed by atoms with E-state index in [1.54, 1.807) is 14.1 Å². The lowest BCUT2D eigenvalue weighted by molar-refractivity contribution is -0.133. The highest BCUT2D eigenvalue weighted by atomic mass is 16.2. The Bertz CT molecular complexity index is 378. The van der Waals surface area contributed by atoms with E-state index in [1.165, 1.54) is 11.0 Å². The van der Waals surface area contributed by atoms with E-state index in [0.717, 1.165) is 6.08 Å². The maximum Gasteiger partial charge on any atom is 0.246 e. The second-order valence-corrected chi connectivity index (χ2v) is 5.42. The molecule has 6 nitrogen and oxygen atoms in total. The van der Waals surface area contributed by atoms with Crippen molar-refractivity contribution in [2.75, 3.05) is 20.8 Å². The SMILES string of the molecule is CNCNC(=O)C(C)(C)CC(C)N(C)C(=O)/C=C\C=O. The molecule has 6 heteroatoms. The third-order valence-corrected chi connectivity index (χ3v) is 3.17. The molecule has 2 N–H and O–H groups in total. The summed E-state index contributed by atoms with van der Waals surface area (Å²) in [6.45, 7) is 5.97. The number of nitrogens with zero attached hydrogens (tertiary/aromatic N) is 1. The molecule has 0 spiro atoms. The minimum absolute atomic E-state index is 0.0667. The number of amides is 2. The normalized spacial score (nSPS) is 13.1. The first-order chi connectivity index (χ1) is 9.26. The molecule has 0 aliphatic carbocycles. The van der Waals surface area contributed by atoms with Crippen molar-refractivity contribution in [3.63, 3.8) is 0 Å². The first-order valence-electron chi connectivity index (χ1n) is 6.57. The Hall–Kier alpha value is -1.69. The second kappa shape index (κ2) is 8.47. The molecule has 0 bridgehead atoms. The van der Waals surface area contributed by atoms with Crippen LogP contribution < -0.4 is 10.6 Å². The maximum absolute atomic E-state index is 12.0. The van der Waals surface area contributed by atoms with E-state index in [0.29, 0.717) is 19.4 Å². The van der Waals surface area contributed by atoms with Crippen molar-refractivity contribution in [2.24, 2.45) is 5.41 Å². The largest absolute Gasteiger partial charge is 0.343 e. The van der Waals surface area contributed by atoms with Gasteiger partial charge in [-0.15, -0.1) is 0 Å². The number of hydrogen-bond donors (Lipinski definition) is 2. The molecule has 2 amide bonds. The van der Waals surface area contributed by atoms with Crippen molar-refractivity contribution < 1.29 is 14.4 Å². The molecule has 0 aromatic carbocycles. The van der Waals surface area contributed by atoms with Gasteiger partial charge in [0.15, 0.2) is 0 Å². The number of nitrogens with one attached hydrogen (secondary N) is 2. The summed E-state index contributed by atoms with van der Waals surface area (Å²) in [7, 11) is 3.41. The zero-order valence-electron chi connectivity index (χ0n) is 12.9. The summed E-state index contributed by atoms with van der Waals surface area (Å²) in [4.78, 5) is 35.5. The number of carbonyl (C=O) groups is 3. The van der Waals surface area contributed by atoms with E-state index < -0.39 is 5.41 Å². The second-order valence-electron chi connectivity index (χ2n) is 5.42. The average molecular weight is 283 g/mol. The molecule has 1 unspecified atom stereocenters. The molecular formula is C14H25N3O3. The molecular weight excluding hydrogens is 258 g/mol. The minimum Gasteiger partial charge on any atom is -0.343 e. The topological polar surface area (TPSA) is 78.5 Å². The Balaban J connectivity index is 4.59. The van der Waals surface area contributed by atoms with E-state index in [4.69, 9.17) is 0 Å². The number of carbonyl (C=O) groups excluding carboxylic acids is 3. The monoisotopic (exact) mass is 283 g/mol. The summed E-state index contributed by atoms with van der Waals surface area (Å²) in [6.07, 6.45) is 3.47. The molecule has 0 aliphatic rings. The van der Waals surface area contributed by atoms with E-state index in [2.05, 4.69) is 10.6 Å². The number of aldehydes is 1. The Morgan fingerprint density at radius 1 is 1.35 bits per heavy atom. The van der Waals surface area contributed by atoms with Gasteiger partial charge in [0.1, 0.15) is 6.29 Å². The van der Waals surface area contributed by atoms with Gasteiger partial charge in [-0.3, -0.25) is 14.4 Å². The Labute approximate surface area is 120 Å². The summed E-state index contributed by atoms with van der Waals surface area (Å²) in [5.41, 5.74) is -0.584. The number of allylic oxidation sites excluding steroid dienone is 1. The van der Waals surface area contributed by atoms with Crippen molar-refractivity contribution in [3.05, 3.63) is 12.2 Å². The summed E-state index contributed by atoms with van der Waals surface area (Å²) in [5, 5.41) is 5.62. The molecule has 114 valence electrons. The summed E-state index contributed by atoms with van der Waals surface area (Å²) >= 11 is 0.